The quantitative estimate of drug-likeness (QED) is 0.705. The van der Waals surface area contributed by atoms with Crippen LogP contribution in [0.3, 0.4) is 0 Å². The molecule has 1 amide bonds. The highest BCUT2D eigenvalue weighted by Gasteiger charge is 2.18. The summed E-state index contributed by atoms with van der Waals surface area (Å²) < 4.78 is 28.0. The lowest BCUT2D eigenvalue weighted by molar-refractivity contribution is 0.0949. The molecule has 30 heavy (non-hydrogen) atoms. The van der Waals surface area contributed by atoms with Crippen LogP contribution in [0.4, 0.5) is 5.69 Å². The summed E-state index contributed by atoms with van der Waals surface area (Å²) in [5.41, 5.74) is 2.61. The van der Waals surface area contributed by atoms with E-state index in [1.165, 1.54) is 12.8 Å². The lowest BCUT2D eigenvalue weighted by Crippen LogP contribution is -2.32. The number of sulfonamides is 1. The highest BCUT2D eigenvalue weighted by molar-refractivity contribution is 7.92. The molecule has 3 rings (SSSR count). The summed E-state index contributed by atoms with van der Waals surface area (Å²) in [6, 6.07) is 11.8. The first-order valence-corrected chi connectivity index (χ1v) is 11.9. The van der Waals surface area contributed by atoms with Gasteiger partial charge in [0.15, 0.2) is 0 Å². The van der Waals surface area contributed by atoms with Crippen molar-refractivity contribution in [3.05, 3.63) is 59.2 Å². The molecule has 0 bridgehead atoms. The summed E-state index contributed by atoms with van der Waals surface area (Å²) in [5, 5.41) is 2.98. The van der Waals surface area contributed by atoms with Gasteiger partial charge >= 0.3 is 0 Å². The van der Waals surface area contributed by atoms with Crippen LogP contribution >= 0.6 is 0 Å². The zero-order valence-corrected chi connectivity index (χ0v) is 18.8. The predicted octanol–water partition coefficient (Wildman–Crippen LogP) is 3.57. The van der Waals surface area contributed by atoms with Crippen LogP contribution < -0.4 is 10.0 Å². The van der Waals surface area contributed by atoms with Crippen LogP contribution in [0.1, 0.15) is 40.7 Å². The molecule has 1 heterocycles. The van der Waals surface area contributed by atoms with Gasteiger partial charge in [-0.25, -0.2) is 8.42 Å². The van der Waals surface area contributed by atoms with Gasteiger partial charge in [0.25, 0.3) is 15.9 Å². The number of nitrogens with one attached hydrogen (secondary N) is 2. The van der Waals surface area contributed by atoms with Crippen molar-refractivity contribution >= 4 is 21.6 Å². The van der Waals surface area contributed by atoms with Gasteiger partial charge in [0.1, 0.15) is 0 Å². The van der Waals surface area contributed by atoms with Crippen molar-refractivity contribution in [3.63, 3.8) is 0 Å². The minimum absolute atomic E-state index is 0.182. The standard InChI is InChI=1S/C23H31N3O3S/c1-17-4-8-21(9-5-17)30(28,29)25-22-16-20(7-6-18(22)2)23(27)24-13-10-19-11-14-26(3)15-12-19/h4-9,16,19,25H,10-15H2,1-3H3,(H,24,27). The SMILES string of the molecule is Cc1ccc(S(=O)(=O)Nc2cc(C(=O)NCCC3CCN(C)CC3)ccc2C)cc1. The molecular weight excluding hydrogens is 398 g/mol. The maximum absolute atomic E-state index is 12.7. The van der Waals surface area contributed by atoms with Crippen molar-refractivity contribution in [1.29, 1.82) is 0 Å². The topological polar surface area (TPSA) is 78.5 Å². The third kappa shape index (κ3) is 5.83. The van der Waals surface area contributed by atoms with Gasteiger partial charge in [-0.15, -0.1) is 0 Å². The molecule has 1 saturated heterocycles. The maximum atomic E-state index is 12.7. The fourth-order valence-electron chi connectivity index (χ4n) is 3.64. The molecular formula is C23H31N3O3S. The number of carbonyl (C=O) groups is 1. The highest BCUT2D eigenvalue weighted by Crippen LogP contribution is 2.22. The number of amides is 1. The Morgan fingerprint density at radius 3 is 2.40 bits per heavy atom. The maximum Gasteiger partial charge on any atom is 0.261 e. The lowest BCUT2D eigenvalue weighted by atomic mass is 9.94. The zero-order valence-electron chi connectivity index (χ0n) is 17.9. The first-order valence-electron chi connectivity index (χ1n) is 10.4. The highest BCUT2D eigenvalue weighted by atomic mass is 32.2. The average Bonchev–Trinajstić information content (AvgIpc) is 2.71. The van der Waals surface area contributed by atoms with E-state index in [1.807, 2.05) is 13.8 Å². The Hall–Kier alpha value is -2.38. The first kappa shape index (κ1) is 22.3. The monoisotopic (exact) mass is 429 g/mol. The van der Waals surface area contributed by atoms with Crippen molar-refractivity contribution in [2.75, 3.05) is 31.4 Å². The van der Waals surface area contributed by atoms with Crippen LogP contribution in [0.15, 0.2) is 47.4 Å². The number of piperidine rings is 1. The van der Waals surface area contributed by atoms with Gasteiger partial charge in [-0.2, -0.15) is 0 Å². The molecule has 2 aromatic rings. The van der Waals surface area contributed by atoms with Crippen LogP contribution in [0.2, 0.25) is 0 Å². The summed E-state index contributed by atoms with van der Waals surface area (Å²) in [4.78, 5) is 15.1. The summed E-state index contributed by atoms with van der Waals surface area (Å²) >= 11 is 0. The number of carbonyl (C=O) groups excluding carboxylic acids is 1. The summed E-state index contributed by atoms with van der Waals surface area (Å²) in [6.45, 7) is 6.57. The molecule has 1 fully saturated rings. The second-order valence-corrected chi connectivity index (χ2v) is 9.92. The van der Waals surface area contributed by atoms with Crippen molar-refractivity contribution in [3.8, 4) is 0 Å². The molecule has 0 saturated carbocycles. The van der Waals surface area contributed by atoms with Crippen molar-refractivity contribution in [1.82, 2.24) is 10.2 Å². The van der Waals surface area contributed by atoms with Crippen LogP contribution in [-0.4, -0.2) is 45.9 Å². The van der Waals surface area contributed by atoms with E-state index in [-0.39, 0.29) is 10.8 Å². The third-order valence-corrected chi connectivity index (χ3v) is 7.13. The van der Waals surface area contributed by atoms with Gasteiger partial charge in [-0.3, -0.25) is 9.52 Å². The zero-order chi connectivity index (χ0) is 21.7. The van der Waals surface area contributed by atoms with E-state index in [0.717, 1.165) is 30.6 Å². The number of aryl methyl sites for hydroxylation is 2. The number of hydrogen-bond acceptors (Lipinski definition) is 4. The second kappa shape index (κ2) is 9.62. The molecule has 0 aromatic heterocycles. The lowest BCUT2D eigenvalue weighted by Gasteiger charge is -2.28. The van der Waals surface area contributed by atoms with E-state index in [2.05, 4.69) is 22.0 Å². The molecule has 0 spiro atoms. The Morgan fingerprint density at radius 2 is 1.73 bits per heavy atom. The summed E-state index contributed by atoms with van der Waals surface area (Å²) in [7, 11) is -1.58. The fraction of sp³-hybridized carbons (Fsp3) is 0.435. The number of nitrogens with zero attached hydrogens (tertiary/aromatic N) is 1. The fourth-order valence-corrected chi connectivity index (χ4v) is 4.76. The van der Waals surface area contributed by atoms with Crippen LogP contribution in [0, 0.1) is 19.8 Å². The Bertz CT molecular complexity index is 979. The van der Waals surface area contributed by atoms with Gasteiger partial charge in [-0.1, -0.05) is 23.8 Å². The van der Waals surface area contributed by atoms with E-state index in [0.29, 0.717) is 23.7 Å². The molecule has 0 radical (unpaired) electrons. The Balaban J connectivity index is 1.62. The summed E-state index contributed by atoms with van der Waals surface area (Å²) in [5.74, 6) is 0.468. The molecule has 7 heteroatoms. The van der Waals surface area contributed by atoms with E-state index in [4.69, 9.17) is 0 Å². The largest absolute Gasteiger partial charge is 0.352 e. The molecule has 6 nitrogen and oxygen atoms in total. The summed E-state index contributed by atoms with van der Waals surface area (Å²) in [6.07, 6.45) is 3.31. The van der Waals surface area contributed by atoms with Gasteiger partial charge in [0.2, 0.25) is 0 Å². The number of benzene rings is 2. The number of hydrogen-bond donors (Lipinski definition) is 2. The van der Waals surface area contributed by atoms with Crippen molar-refractivity contribution in [2.24, 2.45) is 5.92 Å². The number of likely N-dealkylation sites (tertiary alicyclic amines) is 1. The number of anilines is 1. The van der Waals surface area contributed by atoms with E-state index in [1.54, 1.807) is 42.5 Å². The molecule has 162 valence electrons. The molecule has 1 aliphatic rings. The normalized spacial score (nSPS) is 15.7. The Labute approximate surface area is 179 Å². The van der Waals surface area contributed by atoms with Gasteiger partial charge in [0.05, 0.1) is 10.6 Å². The van der Waals surface area contributed by atoms with Gasteiger partial charge in [0, 0.05) is 12.1 Å². The molecule has 0 unspecified atom stereocenters. The average molecular weight is 430 g/mol. The first-order chi connectivity index (χ1) is 14.2. The van der Waals surface area contributed by atoms with Crippen LogP contribution in [-0.2, 0) is 10.0 Å². The smallest absolute Gasteiger partial charge is 0.261 e. The predicted molar refractivity (Wildman–Crippen MR) is 120 cm³/mol. The Kier molecular flexibility index (Phi) is 7.15. The second-order valence-electron chi connectivity index (χ2n) is 8.24. The van der Waals surface area contributed by atoms with E-state index in [9.17, 15) is 13.2 Å². The molecule has 2 aromatic carbocycles. The van der Waals surface area contributed by atoms with Gasteiger partial charge in [-0.05, 0) is 89.0 Å². The molecule has 2 N–H and O–H groups in total. The number of rotatable bonds is 7. The van der Waals surface area contributed by atoms with Crippen molar-refractivity contribution < 1.29 is 13.2 Å². The third-order valence-electron chi connectivity index (χ3n) is 5.75. The minimum atomic E-state index is -3.72. The molecule has 0 aliphatic carbocycles. The van der Waals surface area contributed by atoms with E-state index < -0.39 is 10.0 Å². The van der Waals surface area contributed by atoms with E-state index >= 15 is 0 Å². The van der Waals surface area contributed by atoms with Crippen molar-refractivity contribution in [2.45, 2.75) is 38.0 Å². The van der Waals surface area contributed by atoms with Crippen LogP contribution in [0.5, 0.6) is 0 Å². The molecule has 0 atom stereocenters. The van der Waals surface area contributed by atoms with Gasteiger partial charge < -0.3 is 10.2 Å². The Morgan fingerprint density at radius 1 is 1.07 bits per heavy atom. The minimum Gasteiger partial charge on any atom is -0.352 e. The molecule has 1 aliphatic heterocycles. The van der Waals surface area contributed by atoms with Crippen LogP contribution in [0.25, 0.3) is 0 Å².